The maximum Gasteiger partial charge on any atom is 0.268 e. The van der Waals surface area contributed by atoms with E-state index in [2.05, 4.69) is 0 Å². The summed E-state index contributed by atoms with van der Waals surface area (Å²) in [5.74, 6) is 0.296. The number of ether oxygens (including phenoxy) is 1. The van der Waals surface area contributed by atoms with Gasteiger partial charge in [0.25, 0.3) is 10.0 Å². The van der Waals surface area contributed by atoms with Gasteiger partial charge in [0.15, 0.2) is 5.78 Å². The predicted octanol–water partition coefficient (Wildman–Crippen LogP) is 4.43. The van der Waals surface area contributed by atoms with Gasteiger partial charge in [0.05, 0.1) is 17.5 Å². The van der Waals surface area contributed by atoms with Gasteiger partial charge in [-0.25, -0.2) is 12.4 Å². The van der Waals surface area contributed by atoms with Crippen LogP contribution in [-0.4, -0.2) is 25.3 Å². The molecule has 1 aromatic heterocycles. The first-order valence-corrected chi connectivity index (χ1v) is 10.5. The molecule has 0 fully saturated rings. The normalized spacial score (nSPS) is 11.5. The molecule has 6 heteroatoms. The number of ketones is 1. The lowest BCUT2D eigenvalue weighted by Gasteiger charge is -2.07. The van der Waals surface area contributed by atoms with E-state index in [1.807, 2.05) is 6.92 Å². The first-order chi connectivity index (χ1) is 13.9. The molecule has 146 valence electrons. The SMILES string of the molecule is COc1cccc(C(=O)c2cn(S(=O)(=O)c3ccc(C)cc3)c3ccccc23)c1. The Morgan fingerprint density at radius 3 is 2.38 bits per heavy atom. The predicted molar refractivity (Wildman–Crippen MR) is 112 cm³/mol. The van der Waals surface area contributed by atoms with Crippen molar-refractivity contribution in [1.29, 1.82) is 0 Å². The Labute approximate surface area is 169 Å². The van der Waals surface area contributed by atoms with Gasteiger partial charge in [-0.05, 0) is 37.3 Å². The fourth-order valence-corrected chi connectivity index (χ4v) is 4.64. The quantitative estimate of drug-likeness (QED) is 0.461. The maximum absolute atomic E-state index is 13.3. The molecule has 0 saturated carbocycles. The molecule has 0 bridgehead atoms. The number of benzene rings is 3. The number of rotatable bonds is 5. The van der Waals surface area contributed by atoms with Crippen molar-refractivity contribution in [1.82, 2.24) is 3.97 Å². The van der Waals surface area contributed by atoms with Crippen molar-refractivity contribution in [3.63, 3.8) is 0 Å². The van der Waals surface area contributed by atoms with E-state index >= 15 is 0 Å². The minimum atomic E-state index is -3.85. The summed E-state index contributed by atoms with van der Waals surface area (Å²) >= 11 is 0. The number of fused-ring (bicyclic) bond motifs is 1. The zero-order chi connectivity index (χ0) is 20.6. The highest BCUT2D eigenvalue weighted by atomic mass is 32.2. The Bertz CT molecular complexity index is 1320. The van der Waals surface area contributed by atoms with Crippen LogP contribution >= 0.6 is 0 Å². The van der Waals surface area contributed by atoms with Crippen molar-refractivity contribution in [2.45, 2.75) is 11.8 Å². The molecular formula is C23H19NO4S. The smallest absolute Gasteiger partial charge is 0.268 e. The van der Waals surface area contributed by atoms with Crippen LogP contribution in [0.2, 0.25) is 0 Å². The molecule has 4 rings (SSSR count). The second-order valence-electron chi connectivity index (χ2n) is 6.73. The van der Waals surface area contributed by atoms with Crippen molar-refractivity contribution in [2.75, 3.05) is 7.11 Å². The molecule has 0 unspecified atom stereocenters. The molecule has 0 amide bonds. The summed E-state index contributed by atoms with van der Waals surface area (Å²) in [5.41, 5.74) is 2.18. The lowest BCUT2D eigenvalue weighted by atomic mass is 10.0. The summed E-state index contributed by atoms with van der Waals surface area (Å²) in [6.07, 6.45) is 1.40. The number of nitrogens with zero attached hydrogens (tertiary/aromatic N) is 1. The molecule has 0 saturated heterocycles. The number of methoxy groups -OCH3 is 1. The van der Waals surface area contributed by atoms with Gasteiger partial charge in [-0.15, -0.1) is 0 Å². The van der Waals surface area contributed by atoms with Crippen LogP contribution in [0.15, 0.2) is 83.9 Å². The lowest BCUT2D eigenvalue weighted by Crippen LogP contribution is -2.12. The summed E-state index contributed by atoms with van der Waals surface area (Å²) in [6.45, 7) is 1.90. The minimum Gasteiger partial charge on any atom is -0.497 e. The zero-order valence-corrected chi connectivity index (χ0v) is 16.8. The molecule has 3 aromatic carbocycles. The number of carbonyl (C=O) groups is 1. The number of hydrogen-bond donors (Lipinski definition) is 0. The Kier molecular flexibility index (Phi) is 4.72. The van der Waals surface area contributed by atoms with Crippen LogP contribution in [0.4, 0.5) is 0 Å². The van der Waals surface area contributed by atoms with E-state index < -0.39 is 10.0 Å². The van der Waals surface area contributed by atoms with Gasteiger partial charge in [-0.2, -0.15) is 0 Å². The molecule has 0 aliphatic carbocycles. The molecule has 1 heterocycles. The fourth-order valence-electron chi connectivity index (χ4n) is 3.27. The van der Waals surface area contributed by atoms with Gasteiger partial charge in [0.1, 0.15) is 5.75 Å². The topological polar surface area (TPSA) is 65.4 Å². The second-order valence-corrected chi connectivity index (χ2v) is 8.55. The van der Waals surface area contributed by atoms with Crippen LogP contribution in [0.1, 0.15) is 21.5 Å². The summed E-state index contributed by atoms with van der Waals surface area (Å²) in [7, 11) is -2.32. The van der Waals surface area contributed by atoms with Crippen LogP contribution in [0.3, 0.4) is 0 Å². The van der Waals surface area contributed by atoms with Gasteiger partial charge in [-0.3, -0.25) is 4.79 Å². The van der Waals surface area contributed by atoms with Crippen molar-refractivity contribution >= 4 is 26.7 Å². The van der Waals surface area contributed by atoms with Crippen LogP contribution in [0.25, 0.3) is 10.9 Å². The fraction of sp³-hybridized carbons (Fsp3) is 0.0870. The van der Waals surface area contributed by atoms with E-state index in [4.69, 9.17) is 4.74 Å². The number of carbonyl (C=O) groups excluding carboxylic acids is 1. The van der Waals surface area contributed by atoms with Crippen LogP contribution < -0.4 is 4.74 Å². The number of aryl methyl sites for hydroxylation is 1. The van der Waals surface area contributed by atoms with E-state index in [0.717, 1.165) is 5.56 Å². The third-order valence-corrected chi connectivity index (χ3v) is 6.52. The van der Waals surface area contributed by atoms with E-state index in [-0.39, 0.29) is 10.7 Å². The highest BCUT2D eigenvalue weighted by molar-refractivity contribution is 7.90. The first-order valence-electron chi connectivity index (χ1n) is 9.03. The first kappa shape index (κ1) is 19.0. The Morgan fingerprint density at radius 1 is 0.931 bits per heavy atom. The average Bonchev–Trinajstić information content (AvgIpc) is 3.14. The molecule has 4 aromatic rings. The van der Waals surface area contributed by atoms with Gasteiger partial charge in [-0.1, -0.05) is 48.0 Å². The summed E-state index contributed by atoms with van der Waals surface area (Å²) in [4.78, 5) is 13.4. The van der Waals surface area contributed by atoms with Gasteiger partial charge in [0.2, 0.25) is 0 Å². The third kappa shape index (κ3) is 3.32. The number of para-hydroxylation sites is 1. The van der Waals surface area contributed by atoms with E-state index in [0.29, 0.717) is 27.8 Å². The van der Waals surface area contributed by atoms with Crippen molar-refractivity contribution < 1.29 is 17.9 Å². The highest BCUT2D eigenvalue weighted by Crippen LogP contribution is 2.28. The molecule has 0 aliphatic rings. The minimum absolute atomic E-state index is 0.171. The van der Waals surface area contributed by atoms with Crippen molar-refractivity contribution in [3.8, 4) is 5.75 Å². The Hall–Kier alpha value is -3.38. The van der Waals surface area contributed by atoms with Gasteiger partial charge < -0.3 is 4.74 Å². The highest BCUT2D eigenvalue weighted by Gasteiger charge is 2.24. The Balaban J connectivity index is 1.90. The average molecular weight is 405 g/mol. The van der Waals surface area contributed by atoms with Crippen molar-refractivity contribution in [2.24, 2.45) is 0 Å². The van der Waals surface area contributed by atoms with E-state index in [1.165, 1.54) is 17.3 Å². The molecular weight excluding hydrogens is 386 g/mol. The zero-order valence-electron chi connectivity index (χ0n) is 16.0. The lowest BCUT2D eigenvalue weighted by molar-refractivity contribution is 0.104. The Morgan fingerprint density at radius 2 is 1.66 bits per heavy atom. The van der Waals surface area contributed by atoms with Crippen LogP contribution in [-0.2, 0) is 10.0 Å². The molecule has 5 nitrogen and oxygen atoms in total. The van der Waals surface area contributed by atoms with Crippen molar-refractivity contribution in [3.05, 3.63) is 95.7 Å². The van der Waals surface area contributed by atoms with Crippen LogP contribution in [0.5, 0.6) is 5.75 Å². The maximum atomic E-state index is 13.3. The summed E-state index contributed by atoms with van der Waals surface area (Å²) in [6, 6.07) is 20.4. The standard InChI is InChI=1S/C23H19NO4S/c1-16-10-12-19(13-11-16)29(26,27)24-15-21(20-8-3-4-9-22(20)24)23(25)17-6-5-7-18(14-17)28-2/h3-15H,1-2H3. The number of aromatic nitrogens is 1. The summed E-state index contributed by atoms with van der Waals surface area (Å²) < 4.78 is 32.9. The number of hydrogen-bond acceptors (Lipinski definition) is 4. The van der Waals surface area contributed by atoms with E-state index in [1.54, 1.807) is 72.8 Å². The molecule has 0 aliphatic heterocycles. The summed E-state index contributed by atoms with van der Waals surface area (Å²) in [5, 5.41) is 0.580. The molecule has 0 spiro atoms. The molecule has 0 radical (unpaired) electrons. The second kappa shape index (κ2) is 7.22. The monoisotopic (exact) mass is 405 g/mol. The van der Waals surface area contributed by atoms with Crippen LogP contribution in [0, 0.1) is 6.92 Å². The molecule has 29 heavy (non-hydrogen) atoms. The van der Waals surface area contributed by atoms with Gasteiger partial charge in [0, 0.05) is 22.7 Å². The van der Waals surface area contributed by atoms with Gasteiger partial charge >= 0.3 is 0 Å². The largest absolute Gasteiger partial charge is 0.497 e. The third-order valence-electron chi connectivity index (χ3n) is 4.83. The molecule has 0 atom stereocenters. The van der Waals surface area contributed by atoms with E-state index in [9.17, 15) is 13.2 Å². The molecule has 0 N–H and O–H groups in total.